The lowest BCUT2D eigenvalue weighted by atomic mass is 9.99. The standard InChI is InChI=1S/C26H29N3O3/c1-4-32-24(30)16-19-11-13-21(14-12-19)27-26(31)29-17-20-8-5-6-9-22(20)28-15-7-10-23(28)25(29)18(2)3/h5-15,18,25H,4,16-17H2,1-3H3,(H,27,31)/t25-/m0/s1. The minimum atomic E-state index is -0.254. The summed E-state index contributed by atoms with van der Waals surface area (Å²) in [5, 5.41) is 3.05. The van der Waals surface area contributed by atoms with E-state index in [2.05, 4.69) is 48.1 Å². The van der Waals surface area contributed by atoms with Gasteiger partial charge in [-0.1, -0.05) is 44.2 Å². The molecule has 6 heteroatoms. The minimum Gasteiger partial charge on any atom is -0.466 e. The highest BCUT2D eigenvalue weighted by molar-refractivity contribution is 5.90. The van der Waals surface area contributed by atoms with E-state index in [1.807, 2.05) is 47.4 Å². The number of carbonyl (C=O) groups is 2. The van der Waals surface area contributed by atoms with E-state index in [0.29, 0.717) is 18.8 Å². The molecule has 0 spiro atoms. The van der Waals surface area contributed by atoms with Crippen LogP contribution < -0.4 is 5.32 Å². The highest BCUT2D eigenvalue weighted by atomic mass is 16.5. The fourth-order valence-electron chi connectivity index (χ4n) is 4.36. The van der Waals surface area contributed by atoms with Gasteiger partial charge in [-0.3, -0.25) is 4.79 Å². The van der Waals surface area contributed by atoms with Crippen molar-refractivity contribution in [3.8, 4) is 5.69 Å². The second-order valence-corrected chi connectivity index (χ2v) is 8.36. The van der Waals surface area contributed by atoms with Gasteiger partial charge >= 0.3 is 12.0 Å². The maximum atomic E-state index is 13.5. The largest absolute Gasteiger partial charge is 0.466 e. The molecule has 0 unspecified atom stereocenters. The number of anilines is 1. The Balaban J connectivity index is 1.58. The van der Waals surface area contributed by atoms with Gasteiger partial charge in [0.2, 0.25) is 0 Å². The summed E-state index contributed by atoms with van der Waals surface area (Å²) in [7, 11) is 0. The van der Waals surface area contributed by atoms with Crippen LogP contribution in [-0.4, -0.2) is 28.1 Å². The van der Waals surface area contributed by atoms with Crippen molar-refractivity contribution in [3.63, 3.8) is 0 Å². The molecule has 2 aromatic carbocycles. The summed E-state index contributed by atoms with van der Waals surface area (Å²) in [6, 6.07) is 19.5. The molecular weight excluding hydrogens is 402 g/mol. The normalized spacial score (nSPS) is 15.0. The maximum Gasteiger partial charge on any atom is 0.322 e. The summed E-state index contributed by atoms with van der Waals surface area (Å²) in [6.45, 7) is 6.96. The summed E-state index contributed by atoms with van der Waals surface area (Å²) in [6.07, 6.45) is 2.28. The van der Waals surface area contributed by atoms with Gasteiger partial charge in [0.15, 0.2) is 0 Å². The number of rotatable bonds is 5. The Morgan fingerprint density at radius 2 is 1.81 bits per heavy atom. The maximum absolute atomic E-state index is 13.5. The van der Waals surface area contributed by atoms with E-state index in [4.69, 9.17) is 4.74 Å². The van der Waals surface area contributed by atoms with Crippen molar-refractivity contribution in [2.45, 2.75) is 39.8 Å². The van der Waals surface area contributed by atoms with Crippen LogP contribution in [0.2, 0.25) is 0 Å². The first-order valence-corrected chi connectivity index (χ1v) is 11.1. The van der Waals surface area contributed by atoms with Crippen LogP contribution in [-0.2, 0) is 22.5 Å². The van der Waals surface area contributed by atoms with Gasteiger partial charge in [-0.05, 0) is 54.3 Å². The van der Waals surface area contributed by atoms with Gasteiger partial charge in [-0.2, -0.15) is 0 Å². The summed E-state index contributed by atoms with van der Waals surface area (Å²) in [5.41, 5.74) is 4.86. The number of esters is 1. The van der Waals surface area contributed by atoms with E-state index in [1.165, 1.54) is 0 Å². The lowest BCUT2D eigenvalue weighted by Gasteiger charge is -2.33. The molecule has 1 N–H and O–H groups in total. The zero-order chi connectivity index (χ0) is 22.7. The molecule has 2 heterocycles. The molecule has 3 aromatic rings. The average molecular weight is 432 g/mol. The van der Waals surface area contributed by atoms with Crippen molar-refractivity contribution in [3.05, 3.63) is 83.7 Å². The summed E-state index contributed by atoms with van der Waals surface area (Å²) in [5.74, 6) is -0.0223. The number of para-hydroxylation sites is 1. The molecule has 0 saturated carbocycles. The fraction of sp³-hybridized carbons (Fsp3) is 0.308. The number of urea groups is 1. The Labute approximate surface area is 188 Å². The van der Waals surface area contributed by atoms with Gasteiger partial charge in [0.05, 0.1) is 31.3 Å². The number of nitrogens with one attached hydrogen (secondary N) is 1. The van der Waals surface area contributed by atoms with Crippen LogP contribution in [0.25, 0.3) is 5.69 Å². The van der Waals surface area contributed by atoms with Gasteiger partial charge < -0.3 is 19.5 Å². The second-order valence-electron chi connectivity index (χ2n) is 8.36. The number of aromatic nitrogens is 1. The number of carbonyl (C=O) groups excluding carboxylic acids is 2. The number of hydrogen-bond acceptors (Lipinski definition) is 3. The smallest absolute Gasteiger partial charge is 0.322 e. The Bertz CT molecular complexity index is 1100. The van der Waals surface area contributed by atoms with E-state index in [9.17, 15) is 9.59 Å². The monoisotopic (exact) mass is 431 g/mol. The van der Waals surface area contributed by atoms with E-state index >= 15 is 0 Å². The number of benzene rings is 2. The topological polar surface area (TPSA) is 63.6 Å². The molecule has 1 atom stereocenters. The quantitative estimate of drug-likeness (QED) is 0.556. The van der Waals surface area contributed by atoms with Crippen molar-refractivity contribution in [1.82, 2.24) is 9.47 Å². The first kappa shape index (κ1) is 21.7. The van der Waals surface area contributed by atoms with Gasteiger partial charge in [0.1, 0.15) is 0 Å². The molecule has 4 rings (SSSR count). The molecule has 0 bridgehead atoms. The first-order chi connectivity index (χ1) is 15.5. The molecule has 0 saturated heterocycles. The molecule has 32 heavy (non-hydrogen) atoms. The highest BCUT2D eigenvalue weighted by Crippen LogP contribution is 2.36. The van der Waals surface area contributed by atoms with Crippen LogP contribution in [0.3, 0.4) is 0 Å². The van der Waals surface area contributed by atoms with Crippen molar-refractivity contribution < 1.29 is 14.3 Å². The molecule has 0 aliphatic carbocycles. The van der Waals surface area contributed by atoms with Crippen LogP contribution in [0.5, 0.6) is 0 Å². The molecule has 2 amide bonds. The Morgan fingerprint density at radius 3 is 2.53 bits per heavy atom. The molecule has 1 aliphatic heterocycles. The van der Waals surface area contributed by atoms with Crippen molar-refractivity contribution in [1.29, 1.82) is 0 Å². The molecule has 0 radical (unpaired) electrons. The summed E-state index contributed by atoms with van der Waals surface area (Å²) >= 11 is 0. The van der Waals surface area contributed by atoms with Gasteiger partial charge in [0.25, 0.3) is 0 Å². The lowest BCUT2D eigenvalue weighted by molar-refractivity contribution is -0.142. The molecule has 0 fully saturated rings. The van der Waals surface area contributed by atoms with Crippen LogP contribution in [0.1, 0.15) is 43.6 Å². The molecule has 1 aliphatic rings. The third kappa shape index (κ3) is 4.40. The third-order valence-electron chi connectivity index (χ3n) is 5.76. The first-order valence-electron chi connectivity index (χ1n) is 11.1. The number of fused-ring (bicyclic) bond motifs is 3. The van der Waals surface area contributed by atoms with Crippen LogP contribution in [0, 0.1) is 5.92 Å². The SMILES string of the molecule is CCOC(=O)Cc1ccc(NC(=O)N2Cc3ccccc3-n3cccc3[C@@H]2C(C)C)cc1. The van der Waals surface area contributed by atoms with Gasteiger partial charge in [0, 0.05) is 17.6 Å². The van der Waals surface area contributed by atoms with Crippen molar-refractivity contribution >= 4 is 17.7 Å². The zero-order valence-electron chi connectivity index (χ0n) is 18.7. The van der Waals surface area contributed by atoms with E-state index in [-0.39, 0.29) is 30.4 Å². The third-order valence-corrected chi connectivity index (χ3v) is 5.76. The molecule has 166 valence electrons. The number of nitrogens with zero attached hydrogens (tertiary/aromatic N) is 2. The molecule has 1 aromatic heterocycles. The summed E-state index contributed by atoms with van der Waals surface area (Å²) < 4.78 is 7.19. The number of amides is 2. The van der Waals surface area contributed by atoms with Crippen LogP contribution in [0.15, 0.2) is 66.9 Å². The predicted octanol–water partition coefficient (Wildman–Crippen LogP) is 5.33. The predicted molar refractivity (Wildman–Crippen MR) is 125 cm³/mol. The zero-order valence-corrected chi connectivity index (χ0v) is 18.7. The number of ether oxygens (including phenoxy) is 1. The minimum absolute atomic E-state index is 0.0690. The van der Waals surface area contributed by atoms with E-state index in [0.717, 1.165) is 22.5 Å². The van der Waals surface area contributed by atoms with Crippen LogP contribution in [0.4, 0.5) is 10.5 Å². The Hall–Kier alpha value is -3.54. The fourth-order valence-corrected chi connectivity index (χ4v) is 4.36. The van der Waals surface area contributed by atoms with E-state index < -0.39 is 0 Å². The van der Waals surface area contributed by atoms with Crippen molar-refractivity contribution in [2.75, 3.05) is 11.9 Å². The van der Waals surface area contributed by atoms with Crippen molar-refractivity contribution in [2.24, 2.45) is 5.92 Å². The lowest BCUT2D eigenvalue weighted by Crippen LogP contribution is -2.39. The second kappa shape index (κ2) is 9.30. The highest BCUT2D eigenvalue weighted by Gasteiger charge is 2.33. The van der Waals surface area contributed by atoms with Gasteiger partial charge in [-0.25, -0.2) is 4.79 Å². The summed E-state index contributed by atoms with van der Waals surface area (Å²) in [4.78, 5) is 27.1. The number of hydrogen-bond donors (Lipinski definition) is 1. The average Bonchev–Trinajstić information content (AvgIpc) is 3.18. The van der Waals surface area contributed by atoms with Crippen LogP contribution >= 0.6 is 0 Å². The molecular formula is C26H29N3O3. The molecule has 6 nitrogen and oxygen atoms in total. The van der Waals surface area contributed by atoms with E-state index in [1.54, 1.807) is 6.92 Å². The Morgan fingerprint density at radius 1 is 1.06 bits per heavy atom. The Kier molecular flexibility index (Phi) is 6.30. The van der Waals surface area contributed by atoms with Gasteiger partial charge in [-0.15, -0.1) is 0 Å².